The highest BCUT2D eigenvalue weighted by Gasteiger charge is 2.15. The predicted molar refractivity (Wildman–Crippen MR) is 104 cm³/mol. The van der Waals surface area contributed by atoms with Gasteiger partial charge in [0.2, 0.25) is 5.91 Å². The van der Waals surface area contributed by atoms with E-state index in [0.29, 0.717) is 12.6 Å². The van der Waals surface area contributed by atoms with Gasteiger partial charge in [-0.15, -0.1) is 0 Å². The van der Waals surface area contributed by atoms with Crippen LogP contribution >= 0.6 is 0 Å². The summed E-state index contributed by atoms with van der Waals surface area (Å²) in [5.41, 5.74) is -0.235. The smallest absolute Gasteiger partial charge is 0.254 e. The quantitative estimate of drug-likeness (QED) is 0.590. The molecule has 0 atom stereocenters. The van der Waals surface area contributed by atoms with Crippen molar-refractivity contribution in [3.63, 3.8) is 0 Å². The van der Waals surface area contributed by atoms with Crippen molar-refractivity contribution in [2.45, 2.75) is 26.2 Å². The first-order chi connectivity index (χ1) is 13.5. The molecule has 2 N–H and O–H groups in total. The third-order valence-corrected chi connectivity index (χ3v) is 4.95. The lowest BCUT2D eigenvalue weighted by Crippen LogP contribution is -2.46. The van der Waals surface area contributed by atoms with Crippen molar-refractivity contribution in [2.75, 3.05) is 52.4 Å². The number of nitrogens with zero attached hydrogens (tertiary/aromatic N) is 2. The SMILES string of the molecule is CCN1CCN(CCCCNC(=O)CCNC(=O)c2ccc(F)cc2F)CC1. The molecule has 1 fully saturated rings. The van der Waals surface area contributed by atoms with Crippen molar-refractivity contribution in [3.05, 3.63) is 35.4 Å². The second-order valence-electron chi connectivity index (χ2n) is 6.96. The van der Waals surface area contributed by atoms with Gasteiger partial charge >= 0.3 is 0 Å². The average Bonchev–Trinajstić information content (AvgIpc) is 2.68. The van der Waals surface area contributed by atoms with Crippen molar-refractivity contribution >= 4 is 11.8 Å². The maximum Gasteiger partial charge on any atom is 0.254 e. The number of likely N-dealkylation sites (N-methyl/N-ethyl adjacent to an activating group) is 1. The largest absolute Gasteiger partial charge is 0.356 e. The van der Waals surface area contributed by atoms with E-state index in [1.807, 2.05) is 0 Å². The number of nitrogens with one attached hydrogen (secondary N) is 2. The molecule has 1 heterocycles. The summed E-state index contributed by atoms with van der Waals surface area (Å²) >= 11 is 0. The number of rotatable bonds is 10. The molecule has 2 amide bonds. The number of carbonyl (C=O) groups excluding carboxylic acids is 2. The van der Waals surface area contributed by atoms with Crippen LogP contribution in [0.4, 0.5) is 8.78 Å². The zero-order valence-corrected chi connectivity index (χ0v) is 16.5. The summed E-state index contributed by atoms with van der Waals surface area (Å²) in [4.78, 5) is 28.5. The number of carbonyl (C=O) groups is 2. The first-order valence-electron chi connectivity index (χ1n) is 9.94. The third kappa shape index (κ3) is 7.52. The number of hydrogen-bond acceptors (Lipinski definition) is 4. The molecule has 0 unspecified atom stereocenters. The molecule has 1 aliphatic rings. The van der Waals surface area contributed by atoms with Crippen molar-refractivity contribution in [1.29, 1.82) is 0 Å². The summed E-state index contributed by atoms with van der Waals surface area (Å²) in [6, 6.07) is 2.77. The Morgan fingerprint density at radius 2 is 1.71 bits per heavy atom. The van der Waals surface area contributed by atoms with Gasteiger partial charge in [0.25, 0.3) is 5.91 Å². The molecule has 28 heavy (non-hydrogen) atoms. The van der Waals surface area contributed by atoms with Crippen LogP contribution in [-0.4, -0.2) is 74.0 Å². The van der Waals surface area contributed by atoms with E-state index in [1.165, 1.54) is 0 Å². The Hall–Kier alpha value is -2.06. The lowest BCUT2D eigenvalue weighted by Gasteiger charge is -2.33. The standard InChI is InChI=1S/C20H30F2N4O2/c1-2-25-11-13-26(14-12-25)10-4-3-8-23-19(27)7-9-24-20(28)17-6-5-16(21)15-18(17)22/h5-6,15H,2-4,7-14H2,1H3,(H,23,27)(H,24,28). The normalized spacial score (nSPS) is 15.4. The summed E-state index contributed by atoms with van der Waals surface area (Å²) in [5, 5.41) is 5.30. The molecule has 6 nitrogen and oxygen atoms in total. The molecule has 1 aromatic rings. The van der Waals surface area contributed by atoms with Crippen molar-refractivity contribution in [1.82, 2.24) is 20.4 Å². The number of hydrogen-bond donors (Lipinski definition) is 2. The molecule has 1 saturated heterocycles. The second kappa shape index (κ2) is 11.7. The molecular formula is C20H30F2N4O2. The molecule has 0 radical (unpaired) electrons. The molecule has 1 aliphatic heterocycles. The van der Waals surface area contributed by atoms with Gasteiger partial charge in [0.1, 0.15) is 11.6 Å². The van der Waals surface area contributed by atoms with Crippen LogP contribution < -0.4 is 10.6 Å². The van der Waals surface area contributed by atoms with Crippen LogP contribution in [0.3, 0.4) is 0 Å². The first-order valence-corrected chi connectivity index (χ1v) is 9.94. The van der Waals surface area contributed by atoms with E-state index in [-0.39, 0.29) is 24.4 Å². The highest BCUT2D eigenvalue weighted by atomic mass is 19.1. The van der Waals surface area contributed by atoms with E-state index in [1.54, 1.807) is 0 Å². The Labute approximate surface area is 165 Å². The lowest BCUT2D eigenvalue weighted by atomic mass is 10.2. The minimum absolute atomic E-state index is 0.100. The Kier molecular flexibility index (Phi) is 9.30. The summed E-state index contributed by atoms with van der Waals surface area (Å²) in [6.45, 7) is 9.51. The zero-order chi connectivity index (χ0) is 20.4. The molecule has 0 aromatic heterocycles. The molecule has 1 aromatic carbocycles. The molecule has 0 spiro atoms. The van der Waals surface area contributed by atoms with Gasteiger partial charge in [0, 0.05) is 51.8 Å². The highest BCUT2D eigenvalue weighted by molar-refractivity contribution is 5.94. The number of piperazine rings is 1. The lowest BCUT2D eigenvalue weighted by molar-refractivity contribution is -0.120. The van der Waals surface area contributed by atoms with E-state index in [0.717, 1.165) is 64.2 Å². The Morgan fingerprint density at radius 1 is 1.00 bits per heavy atom. The van der Waals surface area contributed by atoms with E-state index in [2.05, 4.69) is 27.4 Å². The van der Waals surface area contributed by atoms with Gasteiger partial charge in [-0.1, -0.05) is 6.92 Å². The molecule has 2 rings (SSSR count). The molecular weight excluding hydrogens is 366 g/mol. The first kappa shape index (κ1) is 22.2. The van der Waals surface area contributed by atoms with Crippen molar-refractivity contribution < 1.29 is 18.4 Å². The second-order valence-corrected chi connectivity index (χ2v) is 6.96. The number of halogens is 2. The van der Waals surface area contributed by atoms with Gasteiger partial charge < -0.3 is 20.4 Å². The van der Waals surface area contributed by atoms with Crippen LogP contribution in [0.1, 0.15) is 36.5 Å². The summed E-state index contributed by atoms with van der Waals surface area (Å²) < 4.78 is 26.4. The molecule has 156 valence electrons. The van der Waals surface area contributed by atoms with Crippen molar-refractivity contribution in [3.8, 4) is 0 Å². The van der Waals surface area contributed by atoms with E-state index >= 15 is 0 Å². The molecule has 8 heteroatoms. The monoisotopic (exact) mass is 396 g/mol. The van der Waals surface area contributed by atoms with Crippen LogP contribution in [-0.2, 0) is 4.79 Å². The number of amides is 2. The van der Waals surface area contributed by atoms with Gasteiger partial charge in [-0.05, 0) is 38.1 Å². The maximum absolute atomic E-state index is 13.5. The van der Waals surface area contributed by atoms with Crippen LogP contribution in [0.15, 0.2) is 18.2 Å². The summed E-state index contributed by atoms with van der Waals surface area (Å²) in [7, 11) is 0. The van der Waals surface area contributed by atoms with Crippen LogP contribution in [0.2, 0.25) is 0 Å². The highest BCUT2D eigenvalue weighted by Crippen LogP contribution is 2.09. The van der Waals surface area contributed by atoms with Crippen LogP contribution in [0, 0.1) is 11.6 Å². The van der Waals surface area contributed by atoms with E-state index < -0.39 is 17.5 Å². The van der Waals surface area contributed by atoms with Crippen LogP contribution in [0.5, 0.6) is 0 Å². The molecule has 0 aliphatic carbocycles. The Morgan fingerprint density at radius 3 is 2.39 bits per heavy atom. The van der Waals surface area contributed by atoms with E-state index in [9.17, 15) is 18.4 Å². The topological polar surface area (TPSA) is 64.7 Å². The minimum atomic E-state index is -0.918. The zero-order valence-electron chi connectivity index (χ0n) is 16.5. The number of benzene rings is 1. The third-order valence-electron chi connectivity index (χ3n) is 4.95. The van der Waals surface area contributed by atoms with Crippen LogP contribution in [0.25, 0.3) is 0 Å². The fourth-order valence-electron chi connectivity index (χ4n) is 3.16. The van der Waals surface area contributed by atoms with Gasteiger partial charge in [0.15, 0.2) is 0 Å². The maximum atomic E-state index is 13.5. The molecule has 0 saturated carbocycles. The Bertz CT molecular complexity index is 649. The molecule has 0 bridgehead atoms. The fourth-order valence-corrected chi connectivity index (χ4v) is 3.16. The fraction of sp³-hybridized carbons (Fsp3) is 0.600. The van der Waals surface area contributed by atoms with E-state index in [4.69, 9.17) is 0 Å². The van der Waals surface area contributed by atoms with Gasteiger partial charge in [0.05, 0.1) is 5.56 Å². The predicted octanol–water partition coefficient (Wildman–Crippen LogP) is 1.62. The summed E-state index contributed by atoms with van der Waals surface area (Å²) in [6.07, 6.45) is 2.06. The number of unbranched alkanes of at least 4 members (excludes halogenated alkanes) is 1. The summed E-state index contributed by atoms with van der Waals surface area (Å²) in [5.74, 6) is -2.47. The van der Waals surface area contributed by atoms with Gasteiger partial charge in [-0.2, -0.15) is 0 Å². The van der Waals surface area contributed by atoms with Crippen molar-refractivity contribution in [2.24, 2.45) is 0 Å². The van der Waals surface area contributed by atoms with Gasteiger partial charge in [-0.3, -0.25) is 9.59 Å². The minimum Gasteiger partial charge on any atom is -0.356 e. The van der Waals surface area contributed by atoms with Gasteiger partial charge in [-0.25, -0.2) is 8.78 Å². The Balaban J connectivity index is 1.51. The average molecular weight is 396 g/mol.